The Balaban J connectivity index is 1.50. The molecule has 0 bridgehead atoms. The summed E-state index contributed by atoms with van der Waals surface area (Å²) in [5.41, 5.74) is 2.27. The van der Waals surface area contributed by atoms with Gasteiger partial charge >= 0.3 is 6.18 Å². The van der Waals surface area contributed by atoms with Crippen molar-refractivity contribution < 1.29 is 18.0 Å². The maximum atomic E-state index is 13.3. The highest BCUT2D eigenvalue weighted by molar-refractivity contribution is 6.16. The molecule has 1 amide bonds. The maximum Gasteiger partial charge on any atom is 0.416 e. The van der Waals surface area contributed by atoms with Crippen molar-refractivity contribution in [3.05, 3.63) is 126 Å². The summed E-state index contributed by atoms with van der Waals surface area (Å²) >= 11 is 0. The molecule has 0 fully saturated rings. The molecule has 0 unspecified atom stereocenters. The number of nitrogens with one attached hydrogen (secondary N) is 1. The normalized spacial score (nSPS) is 11.8. The highest BCUT2D eigenvalue weighted by Gasteiger charge is 2.30. The minimum atomic E-state index is -4.41. The second kappa shape index (κ2) is 9.30. The van der Waals surface area contributed by atoms with E-state index in [1.54, 1.807) is 18.5 Å². The minimum absolute atomic E-state index is 0.210. The smallest absolute Gasteiger partial charge is 0.348 e. The first kappa shape index (κ1) is 23.7. The Labute approximate surface area is 216 Å². The fourth-order valence-corrected chi connectivity index (χ4v) is 4.88. The third-order valence-electron chi connectivity index (χ3n) is 6.78. The van der Waals surface area contributed by atoms with Crippen LogP contribution in [0, 0.1) is 0 Å². The van der Waals surface area contributed by atoms with Crippen LogP contribution in [0.3, 0.4) is 0 Å². The number of aromatic nitrogens is 1. The Morgan fingerprint density at radius 2 is 1.37 bits per heavy atom. The molecule has 1 N–H and O–H groups in total. The summed E-state index contributed by atoms with van der Waals surface area (Å²) in [5, 5.41) is 8.61. The molecule has 0 aliphatic heterocycles. The van der Waals surface area contributed by atoms with Crippen LogP contribution in [0.4, 0.5) is 13.2 Å². The summed E-state index contributed by atoms with van der Waals surface area (Å²) in [7, 11) is 0. The third-order valence-corrected chi connectivity index (χ3v) is 6.78. The Morgan fingerprint density at radius 1 is 0.711 bits per heavy atom. The lowest BCUT2D eigenvalue weighted by molar-refractivity contribution is -0.137. The van der Waals surface area contributed by atoms with Gasteiger partial charge in [0.1, 0.15) is 0 Å². The van der Waals surface area contributed by atoms with E-state index in [9.17, 15) is 18.0 Å². The summed E-state index contributed by atoms with van der Waals surface area (Å²) < 4.78 is 39.8. The van der Waals surface area contributed by atoms with E-state index in [-0.39, 0.29) is 5.91 Å². The average molecular weight is 507 g/mol. The molecule has 0 aliphatic carbocycles. The molecule has 0 atom stereocenters. The molecule has 1 heterocycles. The number of rotatable bonds is 4. The molecule has 186 valence electrons. The van der Waals surface area contributed by atoms with Gasteiger partial charge in [-0.2, -0.15) is 13.2 Å². The number of hydrogen-bond donors (Lipinski definition) is 1. The highest BCUT2D eigenvalue weighted by Crippen LogP contribution is 2.40. The molecule has 0 spiro atoms. The Hall–Kier alpha value is -4.71. The van der Waals surface area contributed by atoms with Crippen molar-refractivity contribution in [3.8, 4) is 11.1 Å². The number of carbonyl (C=O) groups is 1. The van der Waals surface area contributed by atoms with Crippen LogP contribution in [0.1, 0.15) is 21.5 Å². The molecule has 0 saturated carbocycles. The second-order valence-electron chi connectivity index (χ2n) is 9.22. The number of pyridine rings is 1. The van der Waals surface area contributed by atoms with Crippen LogP contribution in [-0.2, 0) is 12.7 Å². The lowest BCUT2D eigenvalue weighted by Gasteiger charge is -2.15. The Bertz CT molecular complexity index is 1810. The van der Waals surface area contributed by atoms with Crippen LogP contribution in [0.25, 0.3) is 43.4 Å². The van der Waals surface area contributed by atoms with Crippen molar-refractivity contribution in [2.75, 3.05) is 0 Å². The van der Waals surface area contributed by atoms with Crippen LogP contribution in [0.15, 0.2) is 109 Å². The topological polar surface area (TPSA) is 42.0 Å². The van der Waals surface area contributed by atoms with E-state index in [0.717, 1.165) is 55.6 Å². The molecule has 0 aliphatic rings. The number of benzene rings is 5. The number of nitrogens with zero attached hydrogens (tertiary/aromatic N) is 1. The van der Waals surface area contributed by atoms with Crippen LogP contribution < -0.4 is 5.32 Å². The molecule has 1 aromatic heterocycles. The summed E-state index contributed by atoms with van der Waals surface area (Å²) in [6.07, 6.45) is -1.06. The van der Waals surface area contributed by atoms with E-state index in [4.69, 9.17) is 0 Å². The predicted molar refractivity (Wildman–Crippen MR) is 145 cm³/mol. The van der Waals surface area contributed by atoms with Gasteiger partial charge in [0.05, 0.1) is 5.56 Å². The number of hydrogen-bond acceptors (Lipinski definition) is 2. The SMILES string of the molecule is O=C(NCc1ccncc1)c1ccc2c(-c3ccc(C(F)(F)F)cc3)c3cc4ccccc4cc3cc2c1. The van der Waals surface area contributed by atoms with E-state index >= 15 is 0 Å². The monoisotopic (exact) mass is 506 g/mol. The fraction of sp³-hybridized carbons (Fsp3) is 0.0625. The van der Waals surface area contributed by atoms with Crippen molar-refractivity contribution in [2.45, 2.75) is 12.7 Å². The summed E-state index contributed by atoms with van der Waals surface area (Å²) in [4.78, 5) is 16.9. The van der Waals surface area contributed by atoms with E-state index in [2.05, 4.69) is 22.4 Å². The molecule has 6 aromatic rings. The summed E-state index contributed by atoms with van der Waals surface area (Å²) in [6, 6.07) is 28.6. The second-order valence-corrected chi connectivity index (χ2v) is 9.22. The molecule has 6 heteroatoms. The molecule has 38 heavy (non-hydrogen) atoms. The molecular weight excluding hydrogens is 485 g/mol. The van der Waals surface area contributed by atoms with E-state index in [1.807, 2.05) is 54.6 Å². The zero-order valence-corrected chi connectivity index (χ0v) is 20.1. The van der Waals surface area contributed by atoms with Gasteiger partial charge < -0.3 is 5.32 Å². The van der Waals surface area contributed by atoms with Gasteiger partial charge in [-0.3, -0.25) is 9.78 Å². The van der Waals surface area contributed by atoms with Gasteiger partial charge in [-0.15, -0.1) is 0 Å². The van der Waals surface area contributed by atoms with Crippen molar-refractivity contribution in [2.24, 2.45) is 0 Å². The standard InChI is InChI=1S/C32H21F3N2O/c33-32(34,35)27-8-5-21(6-9-27)30-28-10-7-24(31(38)37-19-20-11-13-36-14-12-20)16-25(28)17-26-15-22-3-1-2-4-23(22)18-29(26)30/h1-18H,19H2,(H,37,38). The minimum Gasteiger partial charge on any atom is -0.348 e. The lowest BCUT2D eigenvalue weighted by atomic mass is 9.89. The Morgan fingerprint density at radius 3 is 2.08 bits per heavy atom. The quantitative estimate of drug-likeness (QED) is 0.245. The van der Waals surface area contributed by atoms with Crippen LogP contribution in [0.5, 0.6) is 0 Å². The Kier molecular flexibility index (Phi) is 5.80. The van der Waals surface area contributed by atoms with E-state index < -0.39 is 11.7 Å². The molecule has 0 saturated heterocycles. The maximum absolute atomic E-state index is 13.3. The first-order valence-corrected chi connectivity index (χ1v) is 12.1. The number of fused-ring (bicyclic) bond motifs is 3. The first-order valence-electron chi connectivity index (χ1n) is 12.1. The average Bonchev–Trinajstić information content (AvgIpc) is 2.93. The molecule has 3 nitrogen and oxygen atoms in total. The zero-order chi connectivity index (χ0) is 26.3. The van der Waals surface area contributed by atoms with Gasteiger partial charge in [-0.1, -0.05) is 42.5 Å². The lowest BCUT2D eigenvalue weighted by Crippen LogP contribution is -2.22. The third kappa shape index (κ3) is 4.45. The molecule has 6 rings (SSSR count). The van der Waals surface area contributed by atoms with Crippen LogP contribution >= 0.6 is 0 Å². The van der Waals surface area contributed by atoms with Gasteiger partial charge in [-0.05, 0) is 104 Å². The zero-order valence-electron chi connectivity index (χ0n) is 20.1. The van der Waals surface area contributed by atoms with Crippen molar-refractivity contribution >= 4 is 38.2 Å². The number of alkyl halides is 3. The summed E-state index contributed by atoms with van der Waals surface area (Å²) in [5.74, 6) is -0.210. The predicted octanol–water partition coefficient (Wildman–Crippen LogP) is 8.16. The molecular formula is C32H21F3N2O. The first-order chi connectivity index (χ1) is 18.4. The van der Waals surface area contributed by atoms with Gasteiger partial charge in [0.2, 0.25) is 0 Å². The number of halogens is 3. The molecule has 0 radical (unpaired) electrons. The van der Waals surface area contributed by atoms with E-state index in [1.165, 1.54) is 12.1 Å². The number of amides is 1. The van der Waals surface area contributed by atoms with E-state index in [0.29, 0.717) is 17.7 Å². The molecule has 5 aromatic carbocycles. The van der Waals surface area contributed by atoms with Gasteiger partial charge in [0.15, 0.2) is 0 Å². The van der Waals surface area contributed by atoms with Crippen molar-refractivity contribution in [3.63, 3.8) is 0 Å². The summed E-state index contributed by atoms with van der Waals surface area (Å²) in [6.45, 7) is 0.375. The number of carbonyl (C=O) groups excluding carboxylic acids is 1. The van der Waals surface area contributed by atoms with Crippen molar-refractivity contribution in [1.82, 2.24) is 10.3 Å². The fourth-order valence-electron chi connectivity index (χ4n) is 4.88. The van der Waals surface area contributed by atoms with Crippen molar-refractivity contribution in [1.29, 1.82) is 0 Å². The van der Waals surface area contributed by atoms with Crippen LogP contribution in [-0.4, -0.2) is 10.9 Å². The van der Waals surface area contributed by atoms with Crippen LogP contribution in [0.2, 0.25) is 0 Å². The van der Waals surface area contributed by atoms with Gasteiger partial charge in [-0.25, -0.2) is 0 Å². The highest BCUT2D eigenvalue weighted by atomic mass is 19.4. The largest absolute Gasteiger partial charge is 0.416 e. The van der Waals surface area contributed by atoms with Gasteiger partial charge in [0, 0.05) is 24.5 Å². The van der Waals surface area contributed by atoms with Gasteiger partial charge in [0.25, 0.3) is 5.91 Å².